The average molecular weight is 433 g/mol. The predicted octanol–water partition coefficient (Wildman–Crippen LogP) is 2.29. The van der Waals surface area contributed by atoms with Gasteiger partial charge in [0.25, 0.3) is 5.91 Å². The molecule has 160 valence electrons. The Bertz CT molecular complexity index is 1050. The van der Waals surface area contributed by atoms with Crippen LogP contribution in [0.2, 0.25) is 5.02 Å². The highest BCUT2D eigenvalue weighted by Crippen LogP contribution is 2.34. The SMILES string of the molecule is C[C@@H]1CN2C[C@@H](NC(=O)COc3cc4oc(=O)c5c(c4cc3Cl)CCC5)C[C@H]2CO1. The zero-order chi connectivity index (χ0) is 20.8. The van der Waals surface area contributed by atoms with Crippen molar-refractivity contribution in [3.8, 4) is 5.75 Å². The van der Waals surface area contributed by atoms with Gasteiger partial charge in [-0.3, -0.25) is 9.69 Å². The second kappa shape index (κ2) is 7.87. The summed E-state index contributed by atoms with van der Waals surface area (Å²) in [6.45, 7) is 4.37. The van der Waals surface area contributed by atoms with E-state index in [0.29, 0.717) is 29.0 Å². The first kappa shape index (κ1) is 19.8. The van der Waals surface area contributed by atoms with Crippen molar-refractivity contribution in [3.63, 3.8) is 0 Å². The van der Waals surface area contributed by atoms with Gasteiger partial charge in [-0.05, 0) is 44.2 Å². The van der Waals surface area contributed by atoms with Crippen LogP contribution in [0.3, 0.4) is 0 Å². The van der Waals surface area contributed by atoms with Crippen molar-refractivity contribution in [2.24, 2.45) is 0 Å². The van der Waals surface area contributed by atoms with E-state index in [-0.39, 0.29) is 30.3 Å². The maximum atomic E-state index is 12.4. The van der Waals surface area contributed by atoms with Crippen LogP contribution in [0.15, 0.2) is 21.3 Å². The first-order chi connectivity index (χ1) is 14.5. The molecule has 1 aromatic carbocycles. The molecule has 2 saturated heterocycles. The molecule has 1 N–H and O–H groups in total. The second-order valence-electron chi connectivity index (χ2n) is 8.52. The van der Waals surface area contributed by atoms with Crippen LogP contribution in [0.25, 0.3) is 11.0 Å². The summed E-state index contributed by atoms with van der Waals surface area (Å²) in [5.74, 6) is 0.145. The van der Waals surface area contributed by atoms with E-state index >= 15 is 0 Å². The van der Waals surface area contributed by atoms with Gasteiger partial charge in [0.15, 0.2) is 6.61 Å². The van der Waals surface area contributed by atoms with Gasteiger partial charge in [0, 0.05) is 42.2 Å². The van der Waals surface area contributed by atoms with E-state index < -0.39 is 0 Å². The van der Waals surface area contributed by atoms with Crippen LogP contribution >= 0.6 is 11.6 Å². The van der Waals surface area contributed by atoms with Gasteiger partial charge >= 0.3 is 5.63 Å². The summed E-state index contributed by atoms with van der Waals surface area (Å²) < 4.78 is 16.8. The fourth-order valence-electron chi connectivity index (χ4n) is 4.95. The highest BCUT2D eigenvalue weighted by atomic mass is 35.5. The van der Waals surface area contributed by atoms with Crippen LogP contribution in [0, 0.1) is 0 Å². The number of hydrogen-bond donors (Lipinski definition) is 1. The minimum Gasteiger partial charge on any atom is -0.482 e. The highest BCUT2D eigenvalue weighted by Gasteiger charge is 2.36. The molecule has 3 heterocycles. The summed E-state index contributed by atoms with van der Waals surface area (Å²) in [4.78, 5) is 27.0. The topological polar surface area (TPSA) is 81.0 Å². The normalized spacial score (nSPS) is 25.9. The first-order valence-electron chi connectivity index (χ1n) is 10.5. The Hall–Kier alpha value is -2.09. The highest BCUT2D eigenvalue weighted by molar-refractivity contribution is 6.32. The third kappa shape index (κ3) is 3.70. The molecule has 2 aromatic rings. The molecule has 1 amide bonds. The van der Waals surface area contributed by atoms with E-state index in [1.807, 2.05) is 0 Å². The van der Waals surface area contributed by atoms with Gasteiger partial charge in [-0.1, -0.05) is 11.6 Å². The molecule has 30 heavy (non-hydrogen) atoms. The van der Waals surface area contributed by atoms with Gasteiger partial charge in [-0.2, -0.15) is 0 Å². The fourth-order valence-corrected chi connectivity index (χ4v) is 5.17. The summed E-state index contributed by atoms with van der Waals surface area (Å²) in [5, 5.41) is 4.30. The molecule has 8 heteroatoms. The lowest BCUT2D eigenvalue weighted by Gasteiger charge is -2.33. The molecule has 1 aromatic heterocycles. The Morgan fingerprint density at radius 1 is 1.30 bits per heavy atom. The van der Waals surface area contributed by atoms with E-state index in [9.17, 15) is 9.59 Å². The number of amides is 1. The number of carbonyl (C=O) groups is 1. The number of rotatable bonds is 4. The Morgan fingerprint density at radius 2 is 2.13 bits per heavy atom. The Kier molecular flexibility index (Phi) is 5.21. The maximum absolute atomic E-state index is 12.4. The number of hydrogen-bond acceptors (Lipinski definition) is 6. The van der Waals surface area contributed by atoms with Crippen molar-refractivity contribution in [2.75, 3.05) is 26.3 Å². The smallest absolute Gasteiger partial charge is 0.339 e. The monoisotopic (exact) mass is 432 g/mol. The molecule has 2 fully saturated rings. The summed E-state index contributed by atoms with van der Waals surface area (Å²) >= 11 is 6.40. The van der Waals surface area contributed by atoms with Gasteiger partial charge in [-0.15, -0.1) is 0 Å². The van der Waals surface area contributed by atoms with Crippen molar-refractivity contribution in [1.82, 2.24) is 10.2 Å². The van der Waals surface area contributed by atoms with Crippen LogP contribution < -0.4 is 15.7 Å². The molecule has 0 bridgehead atoms. The van der Waals surface area contributed by atoms with Crippen molar-refractivity contribution >= 4 is 28.5 Å². The molecule has 0 unspecified atom stereocenters. The number of aryl methyl sites for hydroxylation is 1. The van der Waals surface area contributed by atoms with Crippen LogP contribution in [-0.2, 0) is 22.4 Å². The summed E-state index contributed by atoms with van der Waals surface area (Å²) in [6, 6.07) is 3.84. The summed E-state index contributed by atoms with van der Waals surface area (Å²) in [5.41, 5.74) is 1.92. The van der Waals surface area contributed by atoms with Gasteiger partial charge in [0.2, 0.25) is 0 Å². The van der Waals surface area contributed by atoms with Crippen molar-refractivity contribution < 1.29 is 18.7 Å². The molecule has 1 aliphatic carbocycles. The number of carbonyl (C=O) groups excluding carboxylic acids is 1. The zero-order valence-electron chi connectivity index (χ0n) is 16.9. The van der Waals surface area contributed by atoms with Crippen molar-refractivity contribution in [2.45, 2.75) is 50.8 Å². The number of nitrogens with zero attached hydrogens (tertiary/aromatic N) is 1. The van der Waals surface area contributed by atoms with Gasteiger partial charge < -0.3 is 19.2 Å². The number of halogens is 1. The van der Waals surface area contributed by atoms with Gasteiger partial charge in [0.05, 0.1) is 17.7 Å². The third-order valence-corrected chi connectivity index (χ3v) is 6.64. The molecule has 3 aliphatic rings. The van der Waals surface area contributed by atoms with E-state index in [2.05, 4.69) is 17.1 Å². The Balaban J connectivity index is 1.24. The molecule has 0 radical (unpaired) electrons. The summed E-state index contributed by atoms with van der Waals surface area (Å²) in [6.07, 6.45) is 3.65. The molecule has 0 saturated carbocycles. The molecule has 5 rings (SSSR count). The molecule has 2 aliphatic heterocycles. The standard InChI is InChI=1S/C22H25ClN2O5/c1-12-8-25-9-13(5-14(25)10-28-12)24-21(26)11-29-20-7-19-17(6-18(20)23)15-3-2-4-16(15)22(27)30-19/h6-7,12-14H,2-5,8-11H2,1H3,(H,24,26)/t12-,13+,14+/m1/s1. The summed E-state index contributed by atoms with van der Waals surface area (Å²) in [7, 11) is 0. The largest absolute Gasteiger partial charge is 0.482 e. The second-order valence-corrected chi connectivity index (χ2v) is 8.93. The fraction of sp³-hybridized carbons (Fsp3) is 0.545. The molecular formula is C22H25ClN2O5. The lowest BCUT2D eigenvalue weighted by atomic mass is 10.1. The zero-order valence-corrected chi connectivity index (χ0v) is 17.7. The van der Waals surface area contributed by atoms with Gasteiger partial charge in [0.1, 0.15) is 11.3 Å². The lowest BCUT2D eigenvalue weighted by molar-refractivity contribution is -0.123. The first-order valence-corrected chi connectivity index (χ1v) is 10.9. The number of morpholine rings is 1. The van der Waals surface area contributed by atoms with E-state index in [0.717, 1.165) is 55.3 Å². The van der Waals surface area contributed by atoms with E-state index in [1.54, 1.807) is 12.1 Å². The number of fused-ring (bicyclic) bond motifs is 4. The third-order valence-electron chi connectivity index (χ3n) is 6.34. The molecule has 0 spiro atoms. The van der Waals surface area contributed by atoms with Crippen molar-refractivity contribution in [1.29, 1.82) is 0 Å². The van der Waals surface area contributed by atoms with Crippen LogP contribution in [0.1, 0.15) is 30.9 Å². The Morgan fingerprint density at radius 3 is 3.00 bits per heavy atom. The minimum atomic E-state index is -0.294. The van der Waals surface area contributed by atoms with Gasteiger partial charge in [-0.25, -0.2) is 4.79 Å². The number of ether oxygens (including phenoxy) is 2. The van der Waals surface area contributed by atoms with Crippen LogP contribution in [-0.4, -0.2) is 55.3 Å². The maximum Gasteiger partial charge on any atom is 0.339 e. The number of nitrogens with one attached hydrogen (secondary N) is 1. The Labute approximate surface area is 179 Å². The van der Waals surface area contributed by atoms with E-state index in [1.165, 1.54) is 0 Å². The van der Waals surface area contributed by atoms with Crippen LogP contribution in [0.5, 0.6) is 5.75 Å². The predicted molar refractivity (Wildman–Crippen MR) is 112 cm³/mol. The van der Waals surface area contributed by atoms with E-state index in [4.69, 9.17) is 25.5 Å². The minimum absolute atomic E-state index is 0.0904. The average Bonchev–Trinajstić information content (AvgIpc) is 3.34. The molecule has 7 nitrogen and oxygen atoms in total. The van der Waals surface area contributed by atoms with Crippen LogP contribution in [0.4, 0.5) is 0 Å². The lowest BCUT2D eigenvalue weighted by Crippen LogP contribution is -2.45. The number of benzene rings is 1. The molecular weight excluding hydrogens is 408 g/mol. The quantitative estimate of drug-likeness (QED) is 0.746. The molecule has 3 atom stereocenters. The van der Waals surface area contributed by atoms with Crippen molar-refractivity contribution in [3.05, 3.63) is 38.7 Å².